The Balaban J connectivity index is 2.38. The molecule has 0 radical (unpaired) electrons. The van der Waals surface area contributed by atoms with E-state index in [-0.39, 0.29) is 0 Å². The summed E-state index contributed by atoms with van der Waals surface area (Å²) >= 11 is 0. The molecule has 1 aliphatic heterocycles. The molecule has 1 N–H and O–H groups in total. The molecule has 1 aliphatic rings. The third-order valence-corrected chi connectivity index (χ3v) is 4.14. The highest BCUT2D eigenvalue weighted by Crippen LogP contribution is 2.13. The van der Waals surface area contributed by atoms with Crippen molar-refractivity contribution in [3.8, 4) is 0 Å². The number of piperazine rings is 1. The minimum absolute atomic E-state index is 0.740. The predicted molar refractivity (Wildman–Crippen MR) is 75.5 cm³/mol. The van der Waals surface area contributed by atoms with Gasteiger partial charge in [-0.15, -0.1) is 0 Å². The van der Waals surface area contributed by atoms with Crippen LogP contribution in [-0.2, 0) is 0 Å². The average molecular weight is 241 g/mol. The van der Waals surface area contributed by atoms with E-state index in [1.54, 1.807) is 0 Å². The third kappa shape index (κ3) is 4.57. The van der Waals surface area contributed by atoms with Crippen LogP contribution in [0.25, 0.3) is 0 Å². The molecule has 102 valence electrons. The molecule has 0 saturated carbocycles. The maximum absolute atomic E-state index is 3.34. The number of hydrogen-bond acceptors (Lipinski definition) is 3. The smallest absolute Gasteiger partial charge is 0.0221 e. The van der Waals surface area contributed by atoms with Crippen molar-refractivity contribution in [2.45, 2.75) is 52.1 Å². The standard InChI is InChI=1S/C14H31N3/c1-5-7-14(12-15-4)17-10-8-16(9-11-17)13(3)6-2/h13-15H,5-12H2,1-4H3. The molecule has 3 heteroatoms. The fourth-order valence-electron chi connectivity index (χ4n) is 2.78. The normalized spacial score (nSPS) is 22.6. The zero-order valence-corrected chi connectivity index (χ0v) is 12.2. The maximum atomic E-state index is 3.34. The van der Waals surface area contributed by atoms with E-state index in [1.165, 1.54) is 45.4 Å². The lowest BCUT2D eigenvalue weighted by Gasteiger charge is -2.41. The van der Waals surface area contributed by atoms with Crippen molar-refractivity contribution in [1.29, 1.82) is 0 Å². The molecule has 2 atom stereocenters. The molecular formula is C14H31N3. The summed E-state index contributed by atoms with van der Waals surface area (Å²) in [5.74, 6) is 0. The fourth-order valence-corrected chi connectivity index (χ4v) is 2.78. The second-order valence-electron chi connectivity index (χ2n) is 5.33. The summed E-state index contributed by atoms with van der Waals surface area (Å²) in [5, 5.41) is 3.34. The Morgan fingerprint density at radius 3 is 2.12 bits per heavy atom. The first kappa shape index (κ1) is 14.9. The van der Waals surface area contributed by atoms with Crippen molar-refractivity contribution >= 4 is 0 Å². The molecule has 1 rings (SSSR count). The first-order valence-electron chi connectivity index (χ1n) is 7.35. The van der Waals surface area contributed by atoms with E-state index < -0.39 is 0 Å². The monoisotopic (exact) mass is 241 g/mol. The van der Waals surface area contributed by atoms with Gasteiger partial charge in [-0.1, -0.05) is 20.3 Å². The van der Waals surface area contributed by atoms with E-state index in [0.717, 1.165) is 18.6 Å². The van der Waals surface area contributed by atoms with Crippen LogP contribution < -0.4 is 5.32 Å². The van der Waals surface area contributed by atoms with Gasteiger partial charge in [0.15, 0.2) is 0 Å². The Morgan fingerprint density at radius 1 is 1.06 bits per heavy atom. The van der Waals surface area contributed by atoms with Crippen LogP contribution in [-0.4, -0.2) is 61.7 Å². The molecule has 0 spiro atoms. The zero-order chi connectivity index (χ0) is 12.7. The number of likely N-dealkylation sites (N-methyl/N-ethyl adjacent to an activating group) is 1. The highest BCUT2D eigenvalue weighted by atomic mass is 15.3. The highest BCUT2D eigenvalue weighted by Gasteiger charge is 2.24. The van der Waals surface area contributed by atoms with Crippen molar-refractivity contribution in [1.82, 2.24) is 15.1 Å². The van der Waals surface area contributed by atoms with Gasteiger partial charge in [-0.25, -0.2) is 0 Å². The number of nitrogens with zero attached hydrogens (tertiary/aromatic N) is 2. The van der Waals surface area contributed by atoms with E-state index >= 15 is 0 Å². The molecular weight excluding hydrogens is 210 g/mol. The Hall–Kier alpha value is -0.120. The second kappa shape index (κ2) is 8.06. The largest absolute Gasteiger partial charge is 0.318 e. The van der Waals surface area contributed by atoms with Gasteiger partial charge < -0.3 is 5.32 Å². The van der Waals surface area contributed by atoms with E-state index in [2.05, 4.69) is 42.9 Å². The summed E-state index contributed by atoms with van der Waals surface area (Å²) < 4.78 is 0. The Kier molecular flexibility index (Phi) is 7.09. The van der Waals surface area contributed by atoms with Gasteiger partial charge in [-0.2, -0.15) is 0 Å². The van der Waals surface area contributed by atoms with Gasteiger partial charge in [0.2, 0.25) is 0 Å². The summed E-state index contributed by atoms with van der Waals surface area (Å²) in [6.07, 6.45) is 3.89. The lowest BCUT2D eigenvalue weighted by molar-refractivity contribution is 0.0695. The van der Waals surface area contributed by atoms with Gasteiger partial charge in [0.25, 0.3) is 0 Å². The van der Waals surface area contributed by atoms with Gasteiger partial charge in [0.1, 0.15) is 0 Å². The maximum Gasteiger partial charge on any atom is 0.0221 e. The van der Waals surface area contributed by atoms with Crippen LogP contribution in [0, 0.1) is 0 Å². The SMILES string of the molecule is CCCC(CNC)N1CCN(C(C)CC)CC1. The van der Waals surface area contributed by atoms with Crippen molar-refractivity contribution in [2.24, 2.45) is 0 Å². The lowest BCUT2D eigenvalue weighted by atomic mass is 10.1. The molecule has 2 unspecified atom stereocenters. The Morgan fingerprint density at radius 2 is 1.65 bits per heavy atom. The second-order valence-corrected chi connectivity index (χ2v) is 5.33. The Bertz CT molecular complexity index is 182. The molecule has 0 aromatic rings. The first-order chi connectivity index (χ1) is 8.22. The number of rotatable bonds is 7. The summed E-state index contributed by atoms with van der Waals surface area (Å²) in [6, 6.07) is 1.50. The van der Waals surface area contributed by atoms with Crippen LogP contribution in [0.1, 0.15) is 40.0 Å². The lowest BCUT2D eigenvalue weighted by Crippen LogP contribution is -2.54. The molecule has 3 nitrogen and oxygen atoms in total. The van der Waals surface area contributed by atoms with Crippen LogP contribution in [0.2, 0.25) is 0 Å². The van der Waals surface area contributed by atoms with Crippen LogP contribution in [0.4, 0.5) is 0 Å². The summed E-state index contributed by atoms with van der Waals surface area (Å²) in [6.45, 7) is 13.1. The van der Waals surface area contributed by atoms with Crippen molar-refractivity contribution in [3.63, 3.8) is 0 Å². The van der Waals surface area contributed by atoms with Gasteiger partial charge in [0, 0.05) is 44.8 Å². The quantitative estimate of drug-likeness (QED) is 0.733. The van der Waals surface area contributed by atoms with Gasteiger partial charge in [-0.3, -0.25) is 9.80 Å². The summed E-state index contributed by atoms with van der Waals surface area (Å²) in [7, 11) is 2.07. The van der Waals surface area contributed by atoms with Crippen LogP contribution >= 0.6 is 0 Å². The molecule has 17 heavy (non-hydrogen) atoms. The topological polar surface area (TPSA) is 18.5 Å². The Labute approximate surface area is 108 Å². The van der Waals surface area contributed by atoms with Crippen molar-refractivity contribution in [2.75, 3.05) is 39.8 Å². The van der Waals surface area contributed by atoms with Crippen LogP contribution in [0.15, 0.2) is 0 Å². The van der Waals surface area contributed by atoms with Crippen molar-refractivity contribution in [3.05, 3.63) is 0 Å². The fraction of sp³-hybridized carbons (Fsp3) is 1.00. The first-order valence-corrected chi connectivity index (χ1v) is 7.35. The molecule has 0 bridgehead atoms. The molecule has 0 amide bonds. The zero-order valence-electron chi connectivity index (χ0n) is 12.2. The van der Waals surface area contributed by atoms with E-state index in [9.17, 15) is 0 Å². The molecule has 1 saturated heterocycles. The molecule has 0 aliphatic carbocycles. The predicted octanol–water partition coefficient (Wildman–Crippen LogP) is 1.79. The summed E-state index contributed by atoms with van der Waals surface area (Å²) in [4.78, 5) is 5.32. The van der Waals surface area contributed by atoms with E-state index in [0.29, 0.717) is 0 Å². The van der Waals surface area contributed by atoms with Gasteiger partial charge in [-0.05, 0) is 26.8 Å². The van der Waals surface area contributed by atoms with Crippen LogP contribution in [0.5, 0.6) is 0 Å². The van der Waals surface area contributed by atoms with Crippen LogP contribution in [0.3, 0.4) is 0 Å². The highest BCUT2D eigenvalue weighted by molar-refractivity contribution is 4.81. The molecule has 0 aromatic heterocycles. The third-order valence-electron chi connectivity index (χ3n) is 4.14. The molecule has 0 aromatic carbocycles. The average Bonchev–Trinajstić information content (AvgIpc) is 2.38. The minimum atomic E-state index is 0.740. The van der Waals surface area contributed by atoms with Gasteiger partial charge >= 0.3 is 0 Å². The summed E-state index contributed by atoms with van der Waals surface area (Å²) in [5.41, 5.74) is 0. The van der Waals surface area contributed by atoms with E-state index in [1.807, 2.05) is 0 Å². The molecule has 1 heterocycles. The molecule has 1 fully saturated rings. The number of hydrogen-bond donors (Lipinski definition) is 1. The van der Waals surface area contributed by atoms with Gasteiger partial charge in [0.05, 0.1) is 0 Å². The number of nitrogens with one attached hydrogen (secondary N) is 1. The van der Waals surface area contributed by atoms with Crippen molar-refractivity contribution < 1.29 is 0 Å². The minimum Gasteiger partial charge on any atom is -0.318 e. The van der Waals surface area contributed by atoms with E-state index in [4.69, 9.17) is 0 Å².